The van der Waals surface area contributed by atoms with Crippen LogP contribution in [0.1, 0.15) is 19.4 Å². The van der Waals surface area contributed by atoms with Crippen molar-refractivity contribution in [2.45, 2.75) is 30.5 Å². The summed E-state index contributed by atoms with van der Waals surface area (Å²) < 4.78 is 24.3. The third-order valence-corrected chi connectivity index (χ3v) is 4.89. The molecular weight excluding hydrogens is 254 g/mol. The van der Waals surface area contributed by atoms with Gasteiger partial charge in [0.05, 0.1) is 10.1 Å². The van der Waals surface area contributed by atoms with Gasteiger partial charge in [0, 0.05) is 13.6 Å². The van der Waals surface area contributed by atoms with E-state index in [1.54, 1.807) is 32.0 Å². The van der Waals surface area contributed by atoms with Crippen molar-refractivity contribution < 1.29 is 18.3 Å². The van der Waals surface area contributed by atoms with Crippen molar-refractivity contribution in [3.63, 3.8) is 0 Å². The maximum absolute atomic E-state index is 12.1. The minimum Gasteiger partial charge on any atom is -0.465 e. The average molecular weight is 271 g/mol. The molecule has 0 atom stereocenters. The zero-order valence-corrected chi connectivity index (χ0v) is 11.4. The van der Waals surface area contributed by atoms with Gasteiger partial charge in [0.1, 0.15) is 0 Å². The molecule has 1 aromatic carbocycles. The minimum absolute atomic E-state index is 0.0530. The number of nitrogens with zero attached hydrogens (tertiary/aromatic N) is 1. The predicted molar refractivity (Wildman–Crippen MR) is 68.3 cm³/mol. The van der Waals surface area contributed by atoms with Crippen LogP contribution in [-0.4, -0.2) is 36.8 Å². The Morgan fingerprint density at radius 1 is 1.33 bits per heavy atom. The van der Waals surface area contributed by atoms with Crippen molar-refractivity contribution in [1.29, 1.82) is 0 Å². The molecule has 1 aromatic rings. The maximum Gasteiger partial charge on any atom is 0.407 e. The molecule has 0 heterocycles. The van der Waals surface area contributed by atoms with Gasteiger partial charge < -0.3 is 10.0 Å². The molecule has 0 aliphatic heterocycles. The molecule has 0 aliphatic rings. The number of rotatable bonds is 4. The van der Waals surface area contributed by atoms with Crippen LogP contribution in [0.4, 0.5) is 4.79 Å². The first kappa shape index (κ1) is 14.5. The Labute approximate surface area is 107 Å². The number of hydrogen-bond acceptors (Lipinski definition) is 3. The fraction of sp³-hybridized carbons (Fsp3) is 0.417. The Hall–Kier alpha value is -1.56. The molecule has 0 bridgehead atoms. The second-order valence-electron chi connectivity index (χ2n) is 4.34. The molecule has 0 aromatic heterocycles. The normalized spacial score (nSPS) is 11.6. The van der Waals surface area contributed by atoms with Gasteiger partial charge in [-0.3, -0.25) is 0 Å². The average Bonchev–Trinajstić information content (AvgIpc) is 2.29. The Kier molecular flexibility index (Phi) is 4.34. The number of amides is 1. The van der Waals surface area contributed by atoms with E-state index in [1.807, 2.05) is 0 Å². The lowest BCUT2D eigenvalue weighted by molar-refractivity contribution is 0.153. The molecule has 18 heavy (non-hydrogen) atoms. The first-order chi connectivity index (χ1) is 8.26. The van der Waals surface area contributed by atoms with Crippen LogP contribution in [0.5, 0.6) is 0 Å². The molecule has 5 nitrogen and oxygen atoms in total. The summed E-state index contributed by atoms with van der Waals surface area (Å²) in [5.41, 5.74) is 0.496. The number of benzene rings is 1. The maximum atomic E-state index is 12.1. The van der Waals surface area contributed by atoms with E-state index in [0.29, 0.717) is 5.56 Å². The molecule has 0 unspecified atom stereocenters. The third-order valence-electron chi connectivity index (χ3n) is 2.63. The second kappa shape index (κ2) is 5.39. The lowest BCUT2D eigenvalue weighted by Gasteiger charge is -2.17. The van der Waals surface area contributed by atoms with Crippen molar-refractivity contribution in [3.05, 3.63) is 29.8 Å². The van der Waals surface area contributed by atoms with Gasteiger partial charge in [-0.2, -0.15) is 0 Å². The molecule has 1 amide bonds. The van der Waals surface area contributed by atoms with Crippen LogP contribution in [0.3, 0.4) is 0 Å². The van der Waals surface area contributed by atoms with Crippen molar-refractivity contribution in [2.24, 2.45) is 0 Å². The van der Waals surface area contributed by atoms with E-state index in [2.05, 4.69) is 0 Å². The largest absolute Gasteiger partial charge is 0.465 e. The molecule has 100 valence electrons. The van der Waals surface area contributed by atoms with Crippen LogP contribution in [0, 0.1) is 0 Å². The number of carbonyl (C=O) groups is 1. The monoisotopic (exact) mass is 271 g/mol. The molecule has 0 saturated heterocycles. The molecule has 0 radical (unpaired) electrons. The SMILES string of the molecule is CC(C)S(=O)(=O)c1ccccc1CN(C)C(=O)O. The lowest BCUT2D eigenvalue weighted by atomic mass is 10.2. The third kappa shape index (κ3) is 3.01. The molecule has 0 aliphatic carbocycles. The van der Waals surface area contributed by atoms with Crippen LogP contribution in [0.25, 0.3) is 0 Å². The molecule has 6 heteroatoms. The van der Waals surface area contributed by atoms with Crippen LogP contribution < -0.4 is 0 Å². The van der Waals surface area contributed by atoms with Gasteiger partial charge in [-0.1, -0.05) is 18.2 Å². The van der Waals surface area contributed by atoms with Crippen molar-refractivity contribution in [2.75, 3.05) is 7.05 Å². The van der Waals surface area contributed by atoms with E-state index in [9.17, 15) is 13.2 Å². The quantitative estimate of drug-likeness (QED) is 0.908. The molecular formula is C12H17NO4S. The summed E-state index contributed by atoms with van der Waals surface area (Å²) in [6.07, 6.45) is -1.09. The molecule has 1 rings (SSSR count). The zero-order valence-electron chi connectivity index (χ0n) is 10.6. The first-order valence-electron chi connectivity index (χ1n) is 5.52. The summed E-state index contributed by atoms with van der Waals surface area (Å²) in [5, 5.41) is 8.29. The highest BCUT2D eigenvalue weighted by atomic mass is 32.2. The van der Waals surface area contributed by atoms with Crippen LogP contribution in [0.2, 0.25) is 0 Å². The van der Waals surface area contributed by atoms with E-state index >= 15 is 0 Å². The van der Waals surface area contributed by atoms with Gasteiger partial charge in [-0.25, -0.2) is 13.2 Å². The number of sulfone groups is 1. The van der Waals surface area contributed by atoms with Gasteiger partial charge in [0.15, 0.2) is 9.84 Å². The van der Waals surface area contributed by atoms with E-state index in [0.717, 1.165) is 4.90 Å². The Balaban J connectivity index is 3.20. The van der Waals surface area contributed by atoms with Gasteiger partial charge in [0.2, 0.25) is 0 Å². The summed E-state index contributed by atoms with van der Waals surface area (Å²) in [6, 6.07) is 6.49. The molecule has 0 spiro atoms. The number of carboxylic acid groups (broad SMARTS) is 1. The lowest BCUT2D eigenvalue weighted by Crippen LogP contribution is -2.25. The predicted octanol–water partition coefficient (Wildman–Crippen LogP) is 1.98. The zero-order chi connectivity index (χ0) is 13.9. The summed E-state index contributed by atoms with van der Waals surface area (Å²) >= 11 is 0. The topological polar surface area (TPSA) is 74.7 Å². The molecule has 0 saturated carbocycles. The molecule has 0 fully saturated rings. The highest BCUT2D eigenvalue weighted by Gasteiger charge is 2.23. The minimum atomic E-state index is -3.40. The standard InChI is InChI=1S/C12H17NO4S/c1-9(2)18(16,17)11-7-5-4-6-10(11)8-13(3)12(14)15/h4-7,9H,8H2,1-3H3,(H,14,15). The van der Waals surface area contributed by atoms with E-state index in [4.69, 9.17) is 5.11 Å². The fourth-order valence-electron chi connectivity index (χ4n) is 1.49. The van der Waals surface area contributed by atoms with E-state index < -0.39 is 21.2 Å². The van der Waals surface area contributed by atoms with Gasteiger partial charge in [-0.15, -0.1) is 0 Å². The smallest absolute Gasteiger partial charge is 0.407 e. The van der Waals surface area contributed by atoms with Crippen LogP contribution in [0.15, 0.2) is 29.2 Å². The first-order valence-corrected chi connectivity index (χ1v) is 7.07. The van der Waals surface area contributed by atoms with Gasteiger partial charge >= 0.3 is 6.09 Å². The molecule has 1 N–H and O–H groups in total. The van der Waals surface area contributed by atoms with E-state index in [-0.39, 0.29) is 11.4 Å². The summed E-state index contributed by atoms with van der Waals surface area (Å²) in [6.45, 7) is 3.26. The van der Waals surface area contributed by atoms with Gasteiger partial charge in [0.25, 0.3) is 0 Å². The van der Waals surface area contributed by atoms with Crippen LogP contribution in [-0.2, 0) is 16.4 Å². The summed E-state index contributed by atoms with van der Waals surface area (Å²) in [4.78, 5) is 12.0. The Morgan fingerprint density at radius 2 is 1.89 bits per heavy atom. The second-order valence-corrected chi connectivity index (χ2v) is 6.81. The Morgan fingerprint density at radius 3 is 2.39 bits per heavy atom. The van der Waals surface area contributed by atoms with Crippen molar-refractivity contribution in [1.82, 2.24) is 4.90 Å². The fourth-order valence-corrected chi connectivity index (χ4v) is 2.76. The van der Waals surface area contributed by atoms with Crippen LogP contribution >= 0.6 is 0 Å². The number of hydrogen-bond donors (Lipinski definition) is 1. The highest BCUT2D eigenvalue weighted by Crippen LogP contribution is 2.21. The highest BCUT2D eigenvalue weighted by molar-refractivity contribution is 7.92. The van der Waals surface area contributed by atoms with Crippen molar-refractivity contribution in [3.8, 4) is 0 Å². The van der Waals surface area contributed by atoms with Gasteiger partial charge in [-0.05, 0) is 25.5 Å². The van der Waals surface area contributed by atoms with E-state index in [1.165, 1.54) is 13.1 Å². The summed E-state index contributed by atoms with van der Waals surface area (Å²) in [7, 11) is -1.99. The Bertz CT molecular complexity index is 537. The summed E-state index contributed by atoms with van der Waals surface area (Å²) in [5.74, 6) is 0. The van der Waals surface area contributed by atoms with Crippen molar-refractivity contribution >= 4 is 15.9 Å².